The maximum atomic E-state index is 13.0. The summed E-state index contributed by atoms with van der Waals surface area (Å²) in [6.07, 6.45) is 3.51. The van der Waals surface area contributed by atoms with Gasteiger partial charge in [-0.15, -0.1) is 0 Å². The summed E-state index contributed by atoms with van der Waals surface area (Å²) in [4.78, 5) is 38.2. The number of esters is 2. The molecule has 0 bridgehead atoms. The number of piperidine rings is 2. The molecular formula is C22H29ClN2O7S. The Kier molecular flexibility index (Phi) is 8.72. The summed E-state index contributed by atoms with van der Waals surface area (Å²) in [5, 5.41) is 0.0256. The first-order chi connectivity index (χ1) is 15.7. The Labute approximate surface area is 199 Å². The fraction of sp³-hybridized carbons (Fsp3) is 0.591. The lowest BCUT2D eigenvalue weighted by molar-refractivity contribution is -0.151. The highest BCUT2D eigenvalue weighted by Gasteiger charge is 2.30. The first-order valence-corrected chi connectivity index (χ1v) is 13.0. The van der Waals surface area contributed by atoms with Crippen LogP contribution in [0.5, 0.6) is 0 Å². The Hall–Kier alpha value is -2.17. The zero-order chi connectivity index (χ0) is 24.0. The summed E-state index contributed by atoms with van der Waals surface area (Å²) in [5.74, 6) is -1.67. The number of ether oxygens (including phenoxy) is 2. The Bertz CT molecular complexity index is 984. The standard InChI is InChI=1S/C22H29ClN2O7S/c1-2-31-21(27)16-8-12-24(13-9-16)20(26)15-32-22(28)17-6-7-18(23)19(14-17)33(29,30)25-10-4-3-5-11-25/h6-7,14,16H,2-5,8-13,15H2,1H3. The molecule has 182 valence electrons. The zero-order valence-electron chi connectivity index (χ0n) is 18.6. The molecule has 11 heteroatoms. The second-order valence-corrected chi connectivity index (χ2v) is 10.4. The molecule has 0 radical (unpaired) electrons. The monoisotopic (exact) mass is 500 g/mol. The van der Waals surface area contributed by atoms with Gasteiger partial charge in [-0.1, -0.05) is 18.0 Å². The van der Waals surface area contributed by atoms with E-state index in [1.54, 1.807) is 6.92 Å². The summed E-state index contributed by atoms with van der Waals surface area (Å²) in [5.41, 5.74) is 0.00352. The van der Waals surface area contributed by atoms with E-state index in [1.165, 1.54) is 27.4 Å². The van der Waals surface area contributed by atoms with Crippen molar-refractivity contribution in [3.05, 3.63) is 28.8 Å². The van der Waals surface area contributed by atoms with Gasteiger partial charge in [0.1, 0.15) is 4.90 Å². The summed E-state index contributed by atoms with van der Waals surface area (Å²) in [6, 6.07) is 3.91. The Balaban J connectivity index is 1.58. The summed E-state index contributed by atoms with van der Waals surface area (Å²) in [6.45, 7) is 3.17. The SMILES string of the molecule is CCOC(=O)C1CCN(C(=O)COC(=O)c2ccc(Cl)c(S(=O)(=O)N3CCCCC3)c2)CC1. The van der Waals surface area contributed by atoms with Gasteiger partial charge < -0.3 is 14.4 Å². The first kappa shape index (κ1) is 25.5. The molecule has 1 aromatic rings. The molecule has 2 heterocycles. The first-order valence-electron chi connectivity index (χ1n) is 11.1. The van der Waals surface area contributed by atoms with E-state index in [4.69, 9.17) is 21.1 Å². The third kappa shape index (κ3) is 6.24. The number of nitrogens with zero attached hydrogens (tertiary/aromatic N) is 2. The van der Waals surface area contributed by atoms with Gasteiger partial charge in [0.2, 0.25) is 10.0 Å². The maximum Gasteiger partial charge on any atom is 0.338 e. The number of likely N-dealkylation sites (tertiary alicyclic amines) is 1. The third-order valence-electron chi connectivity index (χ3n) is 5.89. The molecule has 0 aliphatic carbocycles. The number of carbonyl (C=O) groups excluding carboxylic acids is 3. The number of hydrogen-bond acceptors (Lipinski definition) is 7. The van der Waals surface area contributed by atoms with Crippen LogP contribution in [0.4, 0.5) is 0 Å². The number of halogens is 1. The van der Waals surface area contributed by atoms with Crippen molar-refractivity contribution in [3.63, 3.8) is 0 Å². The predicted octanol–water partition coefficient (Wildman–Crippen LogP) is 2.47. The van der Waals surface area contributed by atoms with Gasteiger partial charge in [0.25, 0.3) is 5.91 Å². The molecular weight excluding hydrogens is 472 g/mol. The lowest BCUT2D eigenvalue weighted by Gasteiger charge is -2.30. The third-order valence-corrected chi connectivity index (χ3v) is 8.27. The van der Waals surface area contributed by atoms with Crippen molar-refractivity contribution in [2.24, 2.45) is 5.92 Å². The highest BCUT2D eigenvalue weighted by Crippen LogP contribution is 2.28. The van der Waals surface area contributed by atoms with Crippen molar-refractivity contribution in [2.75, 3.05) is 39.4 Å². The second-order valence-electron chi connectivity index (χ2n) is 8.09. The van der Waals surface area contributed by atoms with Gasteiger partial charge in [0.05, 0.1) is 23.1 Å². The molecule has 0 aromatic heterocycles. The average molecular weight is 501 g/mol. The minimum absolute atomic E-state index is 0.00352. The van der Waals surface area contributed by atoms with E-state index in [9.17, 15) is 22.8 Å². The molecule has 0 N–H and O–H groups in total. The maximum absolute atomic E-state index is 13.0. The van der Waals surface area contributed by atoms with Crippen LogP contribution < -0.4 is 0 Å². The van der Waals surface area contributed by atoms with Crippen LogP contribution in [0.2, 0.25) is 5.02 Å². The van der Waals surface area contributed by atoms with Crippen LogP contribution in [-0.4, -0.2) is 74.9 Å². The minimum Gasteiger partial charge on any atom is -0.466 e. The van der Waals surface area contributed by atoms with Crippen LogP contribution in [0.1, 0.15) is 49.4 Å². The number of rotatable bonds is 7. The van der Waals surface area contributed by atoms with Gasteiger partial charge in [0.15, 0.2) is 6.61 Å². The molecule has 1 aromatic carbocycles. The number of amides is 1. The van der Waals surface area contributed by atoms with E-state index in [0.29, 0.717) is 45.6 Å². The Morgan fingerprint density at radius 1 is 1.03 bits per heavy atom. The van der Waals surface area contributed by atoms with Crippen LogP contribution >= 0.6 is 11.6 Å². The molecule has 0 saturated carbocycles. The largest absolute Gasteiger partial charge is 0.466 e. The molecule has 9 nitrogen and oxygen atoms in total. The van der Waals surface area contributed by atoms with Crippen molar-refractivity contribution >= 4 is 39.5 Å². The van der Waals surface area contributed by atoms with Crippen molar-refractivity contribution in [1.82, 2.24) is 9.21 Å². The molecule has 2 aliphatic rings. The minimum atomic E-state index is -3.83. The fourth-order valence-corrected chi connectivity index (χ4v) is 6.02. The van der Waals surface area contributed by atoms with Crippen LogP contribution in [-0.2, 0) is 29.1 Å². The van der Waals surface area contributed by atoms with E-state index in [1.807, 2.05) is 0 Å². The smallest absolute Gasteiger partial charge is 0.338 e. The normalized spacial score (nSPS) is 18.1. The summed E-state index contributed by atoms with van der Waals surface area (Å²) >= 11 is 6.14. The predicted molar refractivity (Wildman–Crippen MR) is 120 cm³/mol. The van der Waals surface area contributed by atoms with Crippen LogP contribution in [0.3, 0.4) is 0 Å². The van der Waals surface area contributed by atoms with Crippen molar-refractivity contribution < 1.29 is 32.3 Å². The number of hydrogen-bond donors (Lipinski definition) is 0. The highest BCUT2D eigenvalue weighted by atomic mass is 35.5. The van der Waals surface area contributed by atoms with E-state index < -0.39 is 22.6 Å². The van der Waals surface area contributed by atoms with Gasteiger partial charge in [-0.05, 0) is 50.8 Å². The summed E-state index contributed by atoms with van der Waals surface area (Å²) < 4.78 is 37.5. The van der Waals surface area contributed by atoms with Gasteiger partial charge in [0, 0.05) is 26.2 Å². The lowest BCUT2D eigenvalue weighted by atomic mass is 9.97. The van der Waals surface area contributed by atoms with Gasteiger partial charge >= 0.3 is 11.9 Å². The van der Waals surface area contributed by atoms with Gasteiger partial charge in [-0.3, -0.25) is 9.59 Å². The number of benzene rings is 1. The lowest BCUT2D eigenvalue weighted by Crippen LogP contribution is -2.42. The molecule has 1 amide bonds. The van der Waals surface area contributed by atoms with Crippen molar-refractivity contribution in [1.29, 1.82) is 0 Å². The van der Waals surface area contributed by atoms with E-state index >= 15 is 0 Å². The number of carbonyl (C=O) groups is 3. The van der Waals surface area contributed by atoms with E-state index in [-0.39, 0.29) is 33.3 Å². The zero-order valence-corrected chi connectivity index (χ0v) is 20.2. The quantitative estimate of drug-likeness (QED) is 0.529. The average Bonchev–Trinajstić information content (AvgIpc) is 2.83. The highest BCUT2D eigenvalue weighted by molar-refractivity contribution is 7.89. The summed E-state index contributed by atoms with van der Waals surface area (Å²) in [7, 11) is -3.83. The van der Waals surface area contributed by atoms with E-state index in [2.05, 4.69) is 0 Å². The molecule has 0 unspecified atom stereocenters. The van der Waals surface area contributed by atoms with Gasteiger partial charge in [-0.25, -0.2) is 13.2 Å². The molecule has 33 heavy (non-hydrogen) atoms. The number of sulfonamides is 1. The van der Waals surface area contributed by atoms with Crippen molar-refractivity contribution in [3.8, 4) is 0 Å². The van der Waals surface area contributed by atoms with Gasteiger partial charge in [-0.2, -0.15) is 4.31 Å². The molecule has 2 fully saturated rings. The van der Waals surface area contributed by atoms with Crippen molar-refractivity contribution in [2.45, 2.75) is 43.9 Å². The second kappa shape index (κ2) is 11.3. The molecule has 2 aliphatic heterocycles. The molecule has 3 rings (SSSR count). The topological polar surface area (TPSA) is 110 Å². The Morgan fingerprint density at radius 3 is 2.33 bits per heavy atom. The molecule has 0 atom stereocenters. The van der Waals surface area contributed by atoms with Crippen LogP contribution in [0.15, 0.2) is 23.1 Å². The Morgan fingerprint density at radius 2 is 1.70 bits per heavy atom. The van der Waals surface area contributed by atoms with Crippen LogP contribution in [0.25, 0.3) is 0 Å². The molecule has 0 spiro atoms. The van der Waals surface area contributed by atoms with E-state index in [0.717, 1.165) is 19.3 Å². The van der Waals surface area contributed by atoms with Crippen LogP contribution in [0, 0.1) is 5.92 Å². The molecule has 2 saturated heterocycles. The fourth-order valence-electron chi connectivity index (χ4n) is 4.00.